The fraction of sp³-hybridized carbons (Fsp3) is 0.767. The maximum Gasteiger partial charge on any atom is 0.704 e. The summed E-state index contributed by atoms with van der Waals surface area (Å²) in [6.45, 7) is 43.8. The Morgan fingerprint density at radius 2 is 0.955 bits per heavy atom. The quantitative estimate of drug-likeness (QED) is 0.0732. The van der Waals surface area contributed by atoms with Crippen LogP contribution in [-0.2, 0) is 22.7 Å². The monoisotopic (exact) mass is 911 g/mol. The number of ether oxygens (including phenoxy) is 2. The average Bonchev–Trinajstić information content (AvgIpc) is 3.54. The second kappa shape index (κ2) is 21.9. The number of nitrogens with zero attached hydrogens (tertiary/aromatic N) is 4. The van der Waals surface area contributed by atoms with Gasteiger partial charge in [0, 0.05) is 18.4 Å². The molecule has 0 aromatic heterocycles. The number of aryl methyl sites for hydroxylation is 1. The molecule has 66 heavy (non-hydrogen) atoms. The van der Waals surface area contributed by atoms with Crippen molar-refractivity contribution in [2.75, 3.05) is 52.4 Å². The first-order chi connectivity index (χ1) is 31.5. The highest BCUT2D eigenvalue weighted by Gasteiger charge is 2.76. The molecule has 3 heterocycles. The molecule has 3 atom stereocenters. The van der Waals surface area contributed by atoms with E-state index in [1.165, 1.54) is 185 Å². The molecule has 0 bridgehead atoms. The Bertz CT molecular complexity index is 1910. The zero-order chi connectivity index (χ0) is 48.0. The molecule has 1 saturated heterocycles. The van der Waals surface area contributed by atoms with E-state index in [9.17, 15) is 0 Å². The number of hydrogen-bond acceptors (Lipinski definition) is 2. The molecule has 1 aliphatic carbocycles. The van der Waals surface area contributed by atoms with E-state index < -0.39 is 6.03 Å². The first-order valence-electron chi connectivity index (χ1n) is 28.2. The summed E-state index contributed by atoms with van der Waals surface area (Å²) in [4.78, 5) is 0. The molecule has 3 unspecified atom stereocenters. The summed E-state index contributed by atoms with van der Waals surface area (Å²) in [5, 5.41) is 0. The maximum atomic E-state index is 7.71. The van der Waals surface area contributed by atoms with Gasteiger partial charge in [-0.3, -0.25) is 0 Å². The summed E-state index contributed by atoms with van der Waals surface area (Å²) < 4.78 is 23.0. The highest BCUT2D eigenvalue weighted by molar-refractivity contribution is 5.85. The van der Waals surface area contributed by atoms with Crippen LogP contribution in [0, 0.1) is 0 Å². The molecular formula is C60H102N4O2+4. The minimum atomic E-state index is -1.04. The molecule has 370 valence electrons. The summed E-state index contributed by atoms with van der Waals surface area (Å²) in [7, 11) is 0. The first-order valence-corrected chi connectivity index (χ1v) is 28.2. The SMILES string of the molecule is CCCCC(CCC[N+](CCC)(CCC)CCC)(CCC[N+](CCC)(CCC)CCC)c1cc2c(c(CC)c1)OC13Oc4c(cc(C(C)(C)C)cc4C(C)(C)C)C=[N+]1C1CCCCC1[N+]3=C2. The molecule has 2 aromatic carbocycles. The van der Waals surface area contributed by atoms with Crippen molar-refractivity contribution >= 4 is 12.4 Å². The lowest BCUT2D eigenvalue weighted by molar-refractivity contribution is -0.928. The smallest absolute Gasteiger partial charge is 0.340 e. The largest absolute Gasteiger partial charge is 0.704 e. The minimum absolute atomic E-state index is 0.0299. The second-order valence-corrected chi connectivity index (χ2v) is 24.2. The molecule has 0 N–H and O–H groups in total. The van der Waals surface area contributed by atoms with E-state index in [1.54, 1.807) is 5.56 Å². The third kappa shape index (κ3) is 10.9. The minimum Gasteiger partial charge on any atom is -0.340 e. The molecule has 4 aliphatic rings. The summed E-state index contributed by atoms with van der Waals surface area (Å²) in [6, 6.07) is 9.76. The van der Waals surface area contributed by atoms with Crippen LogP contribution in [0.25, 0.3) is 0 Å². The topological polar surface area (TPSA) is 24.5 Å². The van der Waals surface area contributed by atoms with Gasteiger partial charge in [0.25, 0.3) is 0 Å². The van der Waals surface area contributed by atoms with Crippen LogP contribution in [0.15, 0.2) is 24.3 Å². The first kappa shape index (κ1) is 52.7. The molecule has 3 aliphatic heterocycles. The van der Waals surface area contributed by atoms with Gasteiger partial charge < -0.3 is 18.4 Å². The van der Waals surface area contributed by atoms with E-state index in [1.807, 2.05) is 0 Å². The van der Waals surface area contributed by atoms with Crippen molar-refractivity contribution in [2.24, 2.45) is 0 Å². The van der Waals surface area contributed by atoms with Crippen LogP contribution in [0.2, 0.25) is 0 Å². The standard InChI is InChI=1S/C60H102N4O2/c1-15-23-30-59(31-26-39-63(33-16-2,34-17-3)35-18-4,32-27-40-64(36-19-5,37-20-6)38-21-7)51-41-47(22-8)55-48(43-51)45-61-53-28-24-25-29-54(53)62-46-49-42-50(57(9,10)11)44-52(58(12,13)14)56(49)66-60(61,62)65-55/h41-46,53-54H,15-40H2,1-14H3/q+4. The van der Waals surface area contributed by atoms with Crippen molar-refractivity contribution in [1.29, 1.82) is 0 Å². The Labute approximate surface area is 406 Å². The molecule has 1 saturated carbocycles. The zero-order valence-electron chi connectivity index (χ0n) is 45.6. The van der Waals surface area contributed by atoms with Crippen LogP contribution in [0.5, 0.6) is 11.5 Å². The Balaban J connectivity index is 1.50. The number of hydrogen-bond donors (Lipinski definition) is 0. The van der Waals surface area contributed by atoms with E-state index in [0.29, 0.717) is 12.1 Å². The van der Waals surface area contributed by atoms with Gasteiger partial charge in [-0.2, -0.15) is 0 Å². The van der Waals surface area contributed by atoms with Crippen LogP contribution in [0.3, 0.4) is 0 Å². The predicted molar refractivity (Wildman–Crippen MR) is 281 cm³/mol. The summed E-state index contributed by atoms with van der Waals surface area (Å²) in [6.07, 6.45) is 27.3. The van der Waals surface area contributed by atoms with Gasteiger partial charge in [0.2, 0.25) is 12.1 Å². The number of rotatable bonds is 25. The van der Waals surface area contributed by atoms with Crippen molar-refractivity contribution in [3.63, 3.8) is 0 Å². The molecule has 2 aromatic rings. The van der Waals surface area contributed by atoms with Gasteiger partial charge in [0.15, 0.2) is 23.9 Å². The fourth-order valence-corrected chi connectivity index (χ4v) is 13.8. The van der Waals surface area contributed by atoms with Gasteiger partial charge in [-0.25, -0.2) is 0 Å². The van der Waals surface area contributed by atoms with Crippen molar-refractivity contribution in [3.8, 4) is 11.5 Å². The Hall–Kier alpha value is -2.70. The van der Waals surface area contributed by atoms with E-state index >= 15 is 0 Å². The van der Waals surface area contributed by atoms with E-state index in [2.05, 4.69) is 143 Å². The molecule has 2 fully saturated rings. The van der Waals surface area contributed by atoms with Crippen LogP contribution in [-0.4, -0.2) is 101 Å². The van der Waals surface area contributed by atoms with E-state index in [-0.39, 0.29) is 16.2 Å². The maximum absolute atomic E-state index is 7.71. The summed E-state index contributed by atoms with van der Waals surface area (Å²) >= 11 is 0. The molecule has 0 radical (unpaired) electrons. The normalized spacial score (nSPS) is 20.6. The highest BCUT2D eigenvalue weighted by Crippen LogP contribution is 2.50. The third-order valence-electron chi connectivity index (χ3n) is 16.8. The lowest BCUT2D eigenvalue weighted by atomic mass is 9.69. The Morgan fingerprint density at radius 3 is 1.38 bits per heavy atom. The molecule has 0 amide bonds. The van der Waals surface area contributed by atoms with Crippen molar-refractivity contribution in [1.82, 2.24) is 0 Å². The summed E-state index contributed by atoms with van der Waals surface area (Å²) in [5.74, 6) is 2.04. The van der Waals surface area contributed by atoms with Crippen LogP contribution in [0.4, 0.5) is 0 Å². The highest BCUT2D eigenvalue weighted by atomic mass is 16.7. The molecule has 6 rings (SSSR count). The van der Waals surface area contributed by atoms with Crippen molar-refractivity contribution in [3.05, 3.63) is 57.6 Å². The Kier molecular flexibility index (Phi) is 17.5. The summed E-state index contributed by atoms with van der Waals surface area (Å²) in [5.41, 5.74) is 8.10. The predicted octanol–water partition coefficient (Wildman–Crippen LogP) is 14.2. The lowest BCUT2D eigenvalue weighted by Gasteiger charge is -2.42. The average molecular weight is 912 g/mol. The van der Waals surface area contributed by atoms with E-state index in [4.69, 9.17) is 9.47 Å². The van der Waals surface area contributed by atoms with Crippen LogP contribution >= 0.6 is 0 Å². The molecule has 1 spiro atoms. The molecule has 6 nitrogen and oxygen atoms in total. The fourth-order valence-electron chi connectivity index (χ4n) is 13.8. The zero-order valence-corrected chi connectivity index (χ0v) is 45.6. The van der Waals surface area contributed by atoms with Gasteiger partial charge in [0.1, 0.15) is 0 Å². The van der Waals surface area contributed by atoms with Crippen LogP contribution < -0.4 is 9.47 Å². The van der Waals surface area contributed by atoms with Gasteiger partial charge in [0.05, 0.1) is 63.5 Å². The number of benzene rings is 2. The number of quaternary nitrogens is 2. The molecule has 6 heteroatoms. The third-order valence-corrected chi connectivity index (χ3v) is 16.8. The second-order valence-electron chi connectivity index (χ2n) is 24.2. The van der Waals surface area contributed by atoms with Gasteiger partial charge in [-0.1, -0.05) is 131 Å². The van der Waals surface area contributed by atoms with Gasteiger partial charge >= 0.3 is 6.03 Å². The lowest BCUT2D eigenvalue weighted by Crippen LogP contribution is -2.60. The van der Waals surface area contributed by atoms with E-state index in [0.717, 1.165) is 30.8 Å². The van der Waals surface area contributed by atoms with Gasteiger partial charge in [-0.15, -0.1) is 0 Å². The number of unbranched alkanes of at least 4 members (excludes halogenated alkanes) is 1. The van der Waals surface area contributed by atoms with Gasteiger partial charge in [-0.05, 0) is 135 Å². The van der Waals surface area contributed by atoms with Crippen LogP contribution in [0.1, 0.15) is 239 Å². The van der Waals surface area contributed by atoms with Crippen molar-refractivity contribution in [2.45, 2.75) is 247 Å². The number of fused-ring (bicyclic) bond motifs is 5. The van der Waals surface area contributed by atoms with Crippen molar-refractivity contribution < 1.29 is 27.6 Å². The molecular weight excluding hydrogens is 809 g/mol. The Morgan fingerprint density at radius 1 is 0.515 bits per heavy atom.